The third-order valence-corrected chi connectivity index (χ3v) is 4.59. The molecule has 1 atom stereocenters. The summed E-state index contributed by atoms with van der Waals surface area (Å²) in [5.41, 5.74) is 1.02. The van der Waals surface area contributed by atoms with Crippen molar-refractivity contribution in [1.82, 2.24) is 10.2 Å². The van der Waals surface area contributed by atoms with Crippen LogP contribution < -0.4 is 10.1 Å². The largest absolute Gasteiger partial charge is 0.496 e. The predicted octanol–water partition coefficient (Wildman–Crippen LogP) is 2.80. The Hall–Kier alpha value is -1.50. The standard InChI is InChI=1S/C19H30ClN3O3/c1-4-21-19(22-12-16-5-6-17(20)11-18(16)25-3)23-8-7-15(13-23)14-26-10-9-24-2/h5-6,11,15H,4,7-10,12-14H2,1-3H3,(H,21,22). The van der Waals surface area contributed by atoms with Crippen molar-refractivity contribution in [2.24, 2.45) is 10.9 Å². The Morgan fingerprint density at radius 2 is 2.19 bits per heavy atom. The molecular formula is C19H30ClN3O3. The van der Waals surface area contributed by atoms with Gasteiger partial charge in [0.15, 0.2) is 5.96 Å². The van der Waals surface area contributed by atoms with Crippen molar-refractivity contribution < 1.29 is 14.2 Å². The molecule has 1 unspecified atom stereocenters. The van der Waals surface area contributed by atoms with Crippen LogP contribution in [0.1, 0.15) is 18.9 Å². The summed E-state index contributed by atoms with van der Waals surface area (Å²) < 4.78 is 16.1. The summed E-state index contributed by atoms with van der Waals surface area (Å²) in [5, 5.41) is 4.05. The molecule has 1 saturated heterocycles. The van der Waals surface area contributed by atoms with E-state index in [1.54, 1.807) is 14.2 Å². The van der Waals surface area contributed by atoms with Crippen molar-refractivity contribution in [3.8, 4) is 5.75 Å². The van der Waals surface area contributed by atoms with Crippen molar-refractivity contribution in [1.29, 1.82) is 0 Å². The number of nitrogens with one attached hydrogen (secondary N) is 1. The van der Waals surface area contributed by atoms with Crippen LogP contribution in [0.15, 0.2) is 23.2 Å². The third kappa shape index (κ3) is 6.34. The van der Waals surface area contributed by atoms with Crippen LogP contribution in [0.2, 0.25) is 5.02 Å². The first kappa shape index (κ1) is 20.8. The maximum Gasteiger partial charge on any atom is 0.194 e. The highest BCUT2D eigenvalue weighted by Crippen LogP contribution is 2.24. The molecule has 1 aliphatic rings. The number of rotatable bonds is 9. The van der Waals surface area contributed by atoms with Gasteiger partial charge in [0.2, 0.25) is 0 Å². The van der Waals surface area contributed by atoms with E-state index in [2.05, 4.69) is 17.1 Å². The third-order valence-electron chi connectivity index (χ3n) is 4.35. The van der Waals surface area contributed by atoms with Crippen molar-refractivity contribution in [3.63, 3.8) is 0 Å². The second-order valence-electron chi connectivity index (χ2n) is 6.29. The molecule has 26 heavy (non-hydrogen) atoms. The van der Waals surface area contributed by atoms with E-state index in [1.807, 2.05) is 18.2 Å². The Bertz CT molecular complexity index is 583. The molecule has 1 fully saturated rings. The maximum atomic E-state index is 6.03. The highest BCUT2D eigenvalue weighted by Gasteiger charge is 2.25. The van der Waals surface area contributed by atoms with Gasteiger partial charge in [0, 0.05) is 43.2 Å². The Morgan fingerprint density at radius 1 is 1.35 bits per heavy atom. The lowest BCUT2D eigenvalue weighted by atomic mass is 10.1. The van der Waals surface area contributed by atoms with Gasteiger partial charge in [-0.05, 0) is 25.5 Å². The van der Waals surface area contributed by atoms with E-state index in [0.29, 0.717) is 30.7 Å². The number of methoxy groups -OCH3 is 2. The lowest BCUT2D eigenvalue weighted by Gasteiger charge is -2.22. The van der Waals surface area contributed by atoms with Gasteiger partial charge in [0.1, 0.15) is 5.75 Å². The molecule has 0 spiro atoms. The van der Waals surface area contributed by atoms with Gasteiger partial charge < -0.3 is 24.4 Å². The van der Waals surface area contributed by atoms with E-state index in [0.717, 1.165) is 49.9 Å². The van der Waals surface area contributed by atoms with Crippen LogP contribution in [-0.2, 0) is 16.0 Å². The van der Waals surface area contributed by atoms with Crippen molar-refractivity contribution in [3.05, 3.63) is 28.8 Å². The number of halogens is 1. The van der Waals surface area contributed by atoms with Crippen LogP contribution in [0.25, 0.3) is 0 Å². The average Bonchev–Trinajstić information content (AvgIpc) is 3.11. The summed E-state index contributed by atoms with van der Waals surface area (Å²) in [6, 6.07) is 5.65. The zero-order valence-corrected chi connectivity index (χ0v) is 16.7. The van der Waals surface area contributed by atoms with Crippen LogP contribution >= 0.6 is 11.6 Å². The topological polar surface area (TPSA) is 55.3 Å². The van der Waals surface area contributed by atoms with Crippen molar-refractivity contribution in [2.45, 2.75) is 19.9 Å². The summed E-state index contributed by atoms with van der Waals surface area (Å²) in [7, 11) is 3.34. The second kappa shape index (κ2) is 11.3. The Morgan fingerprint density at radius 3 is 2.92 bits per heavy atom. The quantitative estimate of drug-likeness (QED) is 0.403. The lowest BCUT2D eigenvalue weighted by molar-refractivity contribution is 0.0536. The second-order valence-corrected chi connectivity index (χ2v) is 6.73. The number of nitrogens with zero attached hydrogens (tertiary/aromatic N) is 2. The summed E-state index contributed by atoms with van der Waals surface area (Å²) in [6.45, 7) is 7.47. The van der Waals surface area contributed by atoms with Crippen molar-refractivity contribution >= 4 is 17.6 Å². The van der Waals surface area contributed by atoms with E-state index in [9.17, 15) is 0 Å². The Kier molecular flexibility index (Phi) is 9.01. The smallest absolute Gasteiger partial charge is 0.194 e. The number of ether oxygens (including phenoxy) is 3. The molecule has 6 nitrogen and oxygen atoms in total. The number of hydrogen-bond donors (Lipinski definition) is 1. The minimum Gasteiger partial charge on any atom is -0.496 e. The van der Waals surface area contributed by atoms with E-state index in [4.69, 9.17) is 30.8 Å². The first-order chi connectivity index (χ1) is 12.7. The van der Waals surface area contributed by atoms with E-state index < -0.39 is 0 Å². The fourth-order valence-corrected chi connectivity index (χ4v) is 3.15. The number of guanidine groups is 1. The molecule has 0 aliphatic carbocycles. The van der Waals surface area contributed by atoms with Crippen molar-refractivity contribution in [2.75, 3.05) is 53.7 Å². The maximum absolute atomic E-state index is 6.03. The predicted molar refractivity (Wildman–Crippen MR) is 105 cm³/mol. The minimum atomic E-state index is 0.529. The highest BCUT2D eigenvalue weighted by atomic mass is 35.5. The number of likely N-dealkylation sites (tertiary alicyclic amines) is 1. The fraction of sp³-hybridized carbons (Fsp3) is 0.632. The first-order valence-corrected chi connectivity index (χ1v) is 9.48. The SMILES string of the molecule is CCNC(=NCc1ccc(Cl)cc1OC)N1CCC(COCCOC)C1. The molecule has 1 aliphatic heterocycles. The molecule has 1 aromatic carbocycles. The van der Waals surface area contributed by atoms with Crippen LogP contribution in [-0.4, -0.2) is 64.5 Å². The van der Waals surface area contributed by atoms with Gasteiger partial charge in [0.25, 0.3) is 0 Å². The van der Waals surface area contributed by atoms with Crippen LogP contribution in [0, 0.1) is 5.92 Å². The molecule has 0 radical (unpaired) electrons. The Labute approximate surface area is 161 Å². The zero-order valence-electron chi connectivity index (χ0n) is 16.0. The minimum absolute atomic E-state index is 0.529. The van der Waals surface area contributed by atoms with E-state index in [-0.39, 0.29) is 0 Å². The van der Waals surface area contributed by atoms with Gasteiger partial charge in [-0.2, -0.15) is 0 Å². The summed E-state index contributed by atoms with van der Waals surface area (Å²) in [6.07, 6.45) is 1.11. The molecule has 0 bridgehead atoms. The van der Waals surface area contributed by atoms with Gasteiger partial charge in [-0.15, -0.1) is 0 Å². The van der Waals surface area contributed by atoms with Gasteiger partial charge in [-0.25, -0.2) is 4.99 Å². The number of hydrogen-bond acceptors (Lipinski definition) is 4. The molecule has 0 aromatic heterocycles. The van der Waals surface area contributed by atoms with Gasteiger partial charge in [0.05, 0.1) is 33.5 Å². The first-order valence-electron chi connectivity index (χ1n) is 9.10. The van der Waals surface area contributed by atoms with E-state index >= 15 is 0 Å². The molecule has 2 rings (SSSR count). The molecule has 1 heterocycles. The van der Waals surface area contributed by atoms with Gasteiger partial charge in [-0.3, -0.25) is 0 Å². The van der Waals surface area contributed by atoms with Crippen LogP contribution in [0.3, 0.4) is 0 Å². The zero-order chi connectivity index (χ0) is 18.8. The van der Waals surface area contributed by atoms with Gasteiger partial charge in [-0.1, -0.05) is 17.7 Å². The van der Waals surface area contributed by atoms with Gasteiger partial charge >= 0.3 is 0 Å². The molecule has 1 aromatic rings. The molecular weight excluding hydrogens is 354 g/mol. The Balaban J connectivity index is 1.95. The molecule has 7 heteroatoms. The van der Waals surface area contributed by atoms with Crippen LogP contribution in [0.4, 0.5) is 0 Å². The number of benzene rings is 1. The van der Waals surface area contributed by atoms with Crippen LogP contribution in [0.5, 0.6) is 5.75 Å². The van der Waals surface area contributed by atoms with E-state index in [1.165, 1.54) is 0 Å². The normalized spacial score (nSPS) is 17.6. The average molecular weight is 384 g/mol. The summed E-state index contributed by atoms with van der Waals surface area (Å²) in [4.78, 5) is 7.10. The summed E-state index contributed by atoms with van der Waals surface area (Å²) >= 11 is 6.03. The molecule has 0 amide bonds. The fourth-order valence-electron chi connectivity index (χ4n) is 2.99. The monoisotopic (exact) mass is 383 g/mol. The number of aliphatic imine (C=N–C) groups is 1. The molecule has 1 N–H and O–H groups in total. The highest BCUT2D eigenvalue weighted by molar-refractivity contribution is 6.30. The molecule has 146 valence electrons. The lowest BCUT2D eigenvalue weighted by Crippen LogP contribution is -2.40. The molecule has 0 saturated carbocycles. The summed E-state index contributed by atoms with van der Waals surface area (Å²) in [5.74, 6) is 2.23.